The van der Waals surface area contributed by atoms with Crippen LogP contribution >= 0.6 is 0 Å². The molecule has 0 aliphatic heterocycles. The van der Waals surface area contributed by atoms with Crippen molar-refractivity contribution >= 4 is 17.8 Å². The number of guanidine groups is 1. The summed E-state index contributed by atoms with van der Waals surface area (Å²) in [6.45, 7) is 0.517. The summed E-state index contributed by atoms with van der Waals surface area (Å²) >= 11 is 0. The zero-order valence-corrected chi connectivity index (χ0v) is 12.1. The molecule has 10 nitrogen and oxygen atoms in total. The third-order valence-electron chi connectivity index (χ3n) is 3.76. The number of carbonyl (C=O) groups excluding carboxylic acids is 1. The Kier molecular flexibility index (Phi) is 6.09. The van der Waals surface area contributed by atoms with Crippen LogP contribution in [-0.2, 0) is 9.59 Å². The van der Waals surface area contributed by atoms with Crippen molar-refractivity contribution in [1.29, 1.82) is 0 Å². The Morgan fingerprint density at radius 3 is 2.41 bits per heavy atom. The van der Waals surface area contributed by atoms with E-state index in [0.717, 1.165) is 0 Å². The minimum absolute atomic E-state index is 0.0483. The fourth-order valence-electron chi connectivity index (χ4n) is 2.88. The quantitative estimate of drug-likeness (QED) is 0.194. The van der Waals surface area contributed by atoms with Crippen LogP contribution in [0.4, 0.5) is 0 Å². The van der Waals surface area contributed by atoms with E-state index >= 15 is 0 Å². The molecule has 6 atom stereocenters. The highest BCUT2D eigenvalue weighted by molar-refractivity contribution is 5.76. The minimum atomic E-state index is -1.40. The van der Waals surface area contributed by atoms with E-state index in [1.807, 2.05) is 0 Å². The van der Waals surface area contributed by atoms with Gasteiger partial charge in [-0.3, -0.25) is 9.59 Å². The van der Waals surface area contributed by atoms with Gasteiger partial charge in [-0.15, -0.1) is 0 Å². The summed E-state index contributed by atoms with van der Waals surface area (Å²) in [6.07, 6.45) is -2.83. The number of amides is 1. The molecule has 1 aliphatic rings. The molecule has 22 heavy (non-hydrogen) atoms. The lowest BCUT2D eigenvalue weighted by Gasteiger charge is -2.32. The second-order valence-electron chi connectivity index (χ2n) is 5.35. The Morgan fingerprint density at radius 1 is 1.41 bits per heavy atom. The molecule has 0 unspecified atom stereocenters. The lowest BCUT2D eigenvalue weighted by molar-refractivity contribution is -0.145. The first-order valence-electron chi connectivity index (χ1n) is 6.74. The van der Waals surface area contributed by atoms with Crippen molar-refractivity contribution < 1.29 is 30.0 Å². The first kappa shape index (κ1) is 18.1. The molecule has 0 spiro atoms. The molecule has 0 radical (unpaired) electrons. The van der Waals surface area contributed by atoms with Gasteiger partial charge < -0.3 is 37.2 Å². The predicted octanol–water partition coefficient (Wildman–Crippen LogP) is -3.43. The van der Waals surface area contributed by atoms with Crippen LogP contribution in [0, 0.1) is 11.8 Å². The van der Waals surface area contributed by atoms with Crippen molar-refractivity contribution in [2.75, 3.05) is 6.61 Å². The van der Waals surface area contributed by atoms with Crippen molar-refractivity contribution in [2.45, 2.75) is 37.6 Å². The van der Waals surface area contributed by atoms with Crippen LogP contribution < -0.4 is 16.8 Å². The molecular weight excluding hydrogens is 296 g/mol. The van der Waals surface area contributed by atoms with Gasteiger partial charge >= 0.3 is 5.97 Å². The van der Waals surface area contributed by atoms with Crippen molar-refractivity contribution in [3.63, 3.8) is 0 Å². The lowest BCUT2D eigenvalue weighted by atomic mass is 9.88. The van der Waals surface area contributed by atoms with E-state index in [0.29, 0.717) is 0 Å². The van der Waals surface area contributed by atoms with Gasteiger partial charge in [-0.05, 0) is 6.42 Å². The number of carbonyl (C=O) groups is 2. The van der Waals surface area contributed by atoms with E-state index in [1.54, 1.807) is 0 Å². The fourth-order valence-corrected chi connectivity index (χ4v) is 2.88. The normalized spacial score (nSPS) is 30.4. The number of nitrogens with zero attached hydrogens (tertiary/aromatic N) is 1. The molecule has 0 bridgehead atoms. The number of rotatable bonds is 6. The number of nitrogens with one attached hydrogen (secondary N) is 1. The Hall–Kier alpha value is -1.91. The number of carboxylic acid groups (broad SMARTS) is 1. The van der Waals surface area contributed by atoms with E-state index < -0.39 is 54.6 Å². The summed E-state index contributed by atoms with van der Waals surface area (Å²) in [5, 5.41) is 40.8. The Morgan fingerprint density at radius 2 is 2.00 bits per heavy atom. The smallest absolute Gasteiger partial charge is 0.309 e. The van der Waals surface area contributed by atoms with Crippen LogP contribution in [0.1, 0.15) is 13.3 Å². The molecule has 0 heterocycles. The molecule has 1 fully saturated rings. The van der Waals surface area contributed by atoms with Crippen LogP contribution in [0.3, 0.4) is 0 Å². The second kappa shape index (κ2) is 7.38. The van der Waals surface area contributed by atoms with Crippen LogP contribution in [-0.4, -0.2) is 69.2 Å². The van der Waals surface area contributed by atoms with Crippen molar-refractivity contribution in [2.24, 2.45) is 28.3 Å². The molecule has 0 saturated heterocycles. The van der Waals surface area contributed by atoms with Gasteiger partial charge in [0.25, 0.3) is 0 Å². The molecule has 0 aromatic carbocycles. The van der Waals surface area contributed by atoms with Gasteiger partial charge in [-0.1, -0.05) is 0 Å². The highest BCUT2D eigenvalue weighted by Gasteiger charge is 2.51. The zero-order valence-electron chi connectivity index (χ0n) is 12.1. The number of aliphatic imine (C=N–C) groups is 1. The van der Waals surface area contributed by atoms with Crippen LogP contribution in [0.5, 0.6) is 0 Å². The number of hydrogen-bond donors (Lipinski definition) is 7. The Labute approximate surface area is 126 Å². The number of aliphatic hydroxyl groups is 3. The monoisotopic (exact) mass is 318 g/mol. The third-order valence-corrected chi connectivity index (χ3v) is 3.76. The summed E-state index contributed by atoms with van der Waals surface area (Å²) in [7, 11) is 0. The molecule has 1 rings (SSSR count). The second-order valence-corrected chi connectivity index (χ2v) is 5.35. The topological polar surface area (TPSA) is 191 Å². The maximum atomic E-state index is 11.3. The van der Waals surface area contributed by atoms with Gasteiger partial charge in [0, 0.05) is 12.8 Å². The predicted molar refractivity (Wildman–Crippen MR) is 75.5 cm³/mol. The molecular formula is C12H22N4O6. The fraction of sp³-hybridized carbons (Fsp3) is 0.750. The van der Waals surface area contributed by atoms with E-state index in [-0.39, 0.29) is 12.4 Å². The maximum Gasteiger partial charge on any atom is 0.309 e. The van der Waals surface area contributed by atoms with Crippen LogP contribution in [0.15, 0.2) is 4.99 Å². The third kappa shape index (κ3) is 4.06. The van der Waals surface area contributed by atoms with Gasteiger partial charge in [0.05, 0.1) is 36.8 Å². The molecule has 0 aromatic heterocycles. The van der Waals surface area contributed by atoms with Gasteiger partial charge in [0.2, 0.25) is 5.91 Å². The molecule has 10 heteroatoms. The van der Waals surface area contributed by atoms with Crippen molar-refractivity contribution in [1.82, 2.24) is 5.32 Å². The summed E-state index contributed by atoms with van der Waals surface area (Å²) < 4.78 is 0. The van der Waals surface area contributed by atoms with Gasteiger partial charge in [-0.25, -0.2) is 4.99 Å². The average Bonchev–Trinajstić information content (AvgIpc) is 2.71. The highest BCUT2D eigenvalue weighted by Crippen LogP contribution is 2.37. The molecule has 0 aromatic rings. The van der Waals surface area contributed by atoms with Gasteiger partial charge in [0.15, 0.2) is 5.96 Å². The van der Waals surface area contributed by atoms with Gasteiger partial charge in [0.1, 0.15) is 0 Å². The molecule has 9 N–H and O–H groups in total. The summed E-state index contributed by atoms with van der Waals surface area (Å²) in [6, 6.07) is -1.89. The Balaban J connectivity index is 3.17. The standard InChI is InChI=1S/C12H22N4O6/c1-4(18)15-9(7(19)3-17)8-6(16-12(13)14)2-5(10(8)20)11(21)22/h5-10,17,19-20H,2-3H2,1H3,(H,15,18)(H,21,22)(H4,13,14,16)/t5-,6+,7+,8-,9+,10+/m0/s1. The minimum Gasteiger partial charge on any atom is -0.481 e. The lowest BCUT2D eigenvalue weighted by Crippen LogP contribution is -2.54. The maximum absolute atomic E-state index is 11.3. The number of aliphatic carboxylic acids is 1. The number of carboxylic acids is 1. The highest BCUT2D eigenvalue weighted by atomic mass is 16.4. The van der Waals surface area contributed by atoms with Crippen LogP contribution in [0.2, 0.25) is 0 Å². The van der Waals surface area contributed by atoms with Crippen molar-refractivity contribution in [3.8, 4) is 0 Å². The van der Waals surface area contributed by atoms with Crippen molar-refractivity contribution in [3.05, 3.63) is 0 Å². The average molecular weight is 318 g/mol. The van der Waals surface area contributed by atoms with Gasteiger partial charge in [-0.2, -0.15) is 0 Å². The molecule has 126 valence electrons. The molecule has 1 aliphatic carbocycles. The summed E-state index contributed by atoms with van der Waals surface area (Å²) in [4.78, 5) is 26.4. The summed E-state index contributed by atoms with van der Waals surface area (Å²) in [5.41, 5.74) is 10.6. The van der Waals surface area contributed by atoms with Crippen LogP contribution in [0.25, 0.3) is 0 Å². The SMILES string of the molecule is CC(=O)N[C@@H]([C@H]1[C@H](O)[C@@H](C(=O)O)C[C@H]1N=C(N)N)[C@H](O)CO. The Bertz CT molecular complexity index is 453. The van der Waals surface area contributed by atoms with E-state index in [9.17, 15) is 19.8 Å². The zero-order chi connectivity index (χ0) is 17.0. The number of aliphatic hydroxyl groups excluding tert-OH is 3. The largest absolute Gasteiger partial charge is 0.481 e. The first-order valence-corrected chi connectivity index (χ1v) is 6.74. The van der Waals surface area contributed by atoms with E-state index in [1.165, 1.54) is 6.92 Å². The number of nitrogens with two attached hydrogens (primary N) is 2. The number of hydrogen-bond acceptors (Lipinski definition) is 6. The van der Waals surface area contributed by atoms with E-state index in [2.05, 4.69) is 10.3 Å². The van der Waals surface area contributed by atoms with E-state index in [4.69, 9.17) is 21.7 Å². The molecule has 1 saturated carbocycles. The first-order chi connectivity index (χ1) is 10.2. The molecule has 1 amide bonds. The summed E-state index contributed by atoms with van der Waals surface area (Å²) in [5.74, 6) is -4.12.